The first-order chi connectivity index (χ1) is 12.6. The molecule has 5 aliphatic carbocycles. The minimum atomic E-state index is -0.442. The molecule has 1 aromatic carbocycles. The van der Waals surface area contributed by atoms with Crippen molar-refractivity contribution in [3.05, 3.63) is 29.3 Å². The van der Waals surface area contributed by atoms with E-state index in [4.69, 9.17) is 4.74 Å². The second kappa shape index (κ2) is 5.98. The third kappa shape index (κ3) is 2.57. The summed E-state index contributed by atoms with van der Waals surface area (Å²) < 4.78 is 5.52. The van der Waals surface area contributed by atoms with Gasteiger partial charge in [-0.2, -0.15) is 0 Å². The Bertz CT molecular complexity index is 714. The van der Waals surface area contributed by atoms with Crippen LogP contribution in [0.5, 0.6) is 5.75 Å². The lowest BCUT2D eigenvalue weighted by Crippen LogP contribution is -2.62. The Morgan fingerprint density at radius 2 is 2.00 bits per heavy atom. The van der Waals surface area contributed by atoms with Crippen molar-refractivity contribution in [1.29, 1.82) is 0 Å². The fourth-order valence-electron chi connectivity index (χ4n) is 6.76. The predicted molar refractivity (Wildman–Crippen MR) is 99.1 cm³/mol. The van der Waals surface area contributed by atoms with Gasteiger partial charge in [0.1, 0.15) is 5.75 Å². The molecule has 4 fully saturated rings. The summed E-state index contributed by atoms with van der Waals surface area (Å²) in [6.07, 6.45) is 8.03. The number of ether oxygens (including phenoxy) is 1. The average Bonchev–Trinajstić information content (AvgIpc) is 2.62. The van der Waals surface area contributed by atoms with Gasteiger partial charge in [0.25, 0.3) is 0 Å². The number of rotatable bonds is 3. The molecule has 4 bridgehead atoms. The van der Waals surface area contributed by atoms with E-state index in [9.17, 15) is 9.90 Å². The van der Waals surface area contributed by atoms with Crippen LogP contribution >= 0.6 is 0 Å². The van der Waals surface area contributed by atoms with E-state index in [-0.39, 0.29) is 17.9 Å². The Morgan fingerprint density at radius 3 is 2.69 bits per heavy atom. The number of hydrogen-bond donors (Lipinski definition) is 2. The van der Waals surface area contributed by atoms with E-state index in [0.717, 1.165) is 49.8 Å². The van der Waals surface area contributed by atoms with Crippen LogP contribution in [0.1, 0.15) is 62.0 Å². The lowest BCUT2D eigenvalue weighted by atomic mass is 9.52. The molecule has 0 aromatic heterocycles. The summed E-state index contributed by atoms with van der Waals surface area (Å²) in [5.41, 5.74) is 1.92. The van der Waals surface area contributed by atoms with Crippen molar-refractivity contribution in [3.63, 3.8) is 0 Å². The van der Waals surface area contributed by atoms with Crippen LogP contribution in [-0.2, 0) is 11.2 Å². The highest BCUT2D eigenvalue weighted by Gasteiger charge is 2.55. The number of aliphatic hydroxyl groups is 1. The van der Waals surface area contributed by atoms with Gasteiger partial charge in [0.05, 0.1) is 18.6 Å². The summed E-state index contributed by atoms with van der Waals surface area (Å²) in [6, 6.07) is 6.36. The van der Waals surface area contributed by atoms with Gasteiger partial charge in [-0.3, -0.25) is 4.79 Å². The molecule has 0 heterocycles. The van der Waals surface area contributed by atoms with Crippen LogP contribution in [0.2, 0.25) is 0 Å². The van der Waals surface area contributed by atoms with E-state index in [0.29, 0.717) is 17.8 Å². The zero-order chi connectivity index (χ0) is 17.9. The maximum atomic E-state index is 13.2. The van der Waals surface area contributed by atoms with Crippen LogP contribution in [0.3, 0.4) is 0 Å². The fourth-order valence-corrected chi connectivity index (χ4v) is 6.76. The number of fused-ring (bicyclic) bond motifs is 1. The molecule has 1 amide bonds. The minimum Gasteiger partial charge on any atom is -0.496 e. The van der Waals surface area contributed by atoms with Crippen molar-refractivity contribution in [3.8, 4) is 5.75 Å². The third-order valence-electron chi connectivity index (χ3n) is 7.55. The van der Waals surface area contributed by atoms with Crippen molar-refractivity contribution < 1.29 is 14.6 Å². The molecule has 4 saturated carbocycles. The summed E-state index contributed by atoms with van der Waals surface area (Å²) in [5.74, 6) is 2.63. The van der Waals surface area contributed by atoms with Gasteiger partial charge in [-0.1, -0.05) is 12.1 Å². The summed E-state index contributed by atoms with van der Waals surface area (Å²) >= 11 is 0. The lowest BCUT2D eigenvalue weighted by Gasteiger charge is -2.58. The van der Waals surface area contributed by atoms with Crippen LogP contribution in [0, 0.1) is 17.8 Å². The van der Waals surface area contributed by atoms with E-state index in [2.05, 4.69) is 11.4 Å². The molecule has 0 saturated heterocycles. The number of benzene rings is 1. The van der Waals surface area contributed by atoms with E-state index in [1.165, 1.54) is 18.4 Å². The van der Waals surface area contributed by atoms with Gasteiger partial charge in [0.2, 0.25) is 5.91 Å². The number of carbonyl (C=O) groups is 1. The molecule has 5 unspecified atom stereocenters. The van der Waals surface area contributed by atoms with Gasteiger partial charge in [-0.15, -0.1) is 0 Å². The molecule has 5 aliphatic rings. The molecule has 4 nitrogen and oxygen atoms in total. The highest BCUT2D eigenvalue weighted by molar-refractivity contribution is 5.85. The Morgan fingerprint density at radius 1 is 1.23 bits per heavy atom. The van der Waals surface area contributed by atoms with Crippen LogP contribution in [0.25, 0.3) is 0 Å². The maximum absolute atomic E-state index is 13.2. The number of amides is 1. The van der Waals surface area contributed by atoms with Gasteiger partial charge < -0.3 is 15.2 Å². The van der Waals surface area contributed by atoms with E-state index in [1.54, 1.807) is 7.11 Å². The SMILES string of the molecule is COc1cccc2c1CCCC2C(=O)NC1C2CC3C[C@H]1CC(O)(C3)C2. The molecule has 6 rings (SSSR count). The van der Waals surface area contributed by atoms with Crippen molar-refractivity contribution >= 4 is 5.91 Å². The van der Waals surface area contributed by atoms with Crippen LogP contribution < -0.4 is 10.1 Å². The smallest absolute Gasteiger partial charge is 0.227 e. The van der Waals surface area contributed by atoms with Crippen LogP contribution in [0.15, 0.2) is 18.2 Å². The summed E-state index contributed by atoms with van der Waals surface area (Å²) in [5, 5.41) is 14.2. The standard InChI is InChI=1S/C22H29NO3/c1-26-19-7-3-4-16-17(19)5-2-6-18(16)21(24)23-20-14-8-13-9-15(20)12-22(25,10-13)11-14/h3-4,7,13-15,18,20,25H,2,5-6,8-12H2,1H3,(H,23,24)/t13?,14-,15?,18?,20?,22?/m0/s1. The highest BCUT2D eigenvalue weighted by atomic mass is 16.5. The molecule has 4 heteroatoms. The Balaban J connectivity index is 1.36. The minimum absolute atomic E-state index is 0.0610. The largest absolute Gasteiger partial charge is 0.496 e. The normalized spacial score (nSPS) is 40.2. The van der Waals surface area contributed by atoms with E-state index < -0.39 is 5.60 Å². The molecule has 0 radical (unpaired) electrons. The van der Waals surface area contributed by atoms with Gasteiger partial charge >= 0.3 is 0 Å². The first kappa shape index (κ1) is 16.6. The van der Waals surface area contributed by atoms with Gasteiger partial charge in [0.15, 0.2) is 0 Å². The summed E-state index contributed by atoms with van der Waals surface area (Å²) in [4.78, 5) is 13.2. The monoisotopic (exact) mass is 355 g/mol. The molecule has 26 heavy (non-hydrogen) atoms. The molecule has 6 atom stereocenters. The fraction of sp³-hybridized carbons (Fsp3) is 0.682. The van der Waals surface area contributed by atoms with Gasteiger partial charge in [0, 0.05) is 6.04 Å². The topological polar surface area (TPSA) is 58.6 Å². The number of nitrogens with one attached hydrogen (secondary N) is 1. The van der Waals surface area contributed by atoms with Crippen molar-refractivity contribution in [2.45, 2.75) is 68.9 Å². The molecule has 140 valence electrons. The van der Waals surface area contributed by atoms with Crippen molar-refractivity contribution in [1.82, 2.24) is 5.32 Å². The Hall–Kier alpha value is -1.55. The average molecular weight is 355 g/mol. The molecule has 0 aliphatic heterocycles. The molecular weight excluding hydrogens is 326 g/mol. The summed E-state index contributed by atoms with van der Waals surface area (Å²) in [7, 11) is 1.71. The number of methoxy groups -OCH3 is 1. The van der Waals surface area contributed by atoms with E-state index in [1.807, 2.05) is 12.1 Å². The molecule has 2 N–H and O–H groups in total. The van der Waals surface area contributed by atoms with Crippen LogP contribution in [0.4, 0.5) is 0 Å². The Labute approximate surface area is 155 Å². The molecule has 0 spiro atoms. The van der Waals surface area contributed by atoms with Crippen molar-refractivity contribution in [2.75, 3.05) is 7.11 Å². The number of carbonyl (C=O) groups excluding carboxylic acids is 1. The second-order valence-corrected chi connectivity index (χ2v) is 9.20. The van der Waals surface area contributed by atoms with Gasteiger partial charge in [-0.25, -0.2) is 0 Å². The first-order valence-corrected chi connectivity index (χ1v) is 10.2. The lowest BCUT2D eigenvalue weighted by molar-refractivity contribution is -0.147. The van der Waals surface area contributed by atoms with Gasteiger partial charge in [-0.05, 0) is 86.3 Å². The maximum Gasteiger partial charge on any atom is 0.227 e. The number of hydrogen-bond acceptors (Lipinski definition) is 3. The highest BCUT2D eigenvalue weighted by Crippen LogP contribution is 2.55. The zero-order valence-electron chi connectivity index (χ0n) is 15.5. The quantitative estimate of drug-likeness (QED) is 0.876. The van der Waals surface area contributed by atoms with E-state index >= 15 is 0 Å². The summed E-state index contributed by atoms with van der Waals surface area (Å²) in [6.45, 7) is 0. The predicted octanol–water partition coefficient (Wildman–Crippen LogP) is 3.17. The second-order valence-electron chi connectivity index (χ2n) is 9.20. The Kier molecular flexibility index (Phi) is 3.82. The van der Waals surface area contributed by atoms with Crippen molar-refractivity contribution in [2.24, 2.45) is 17.8 Å². The first-order valence-electron chi connectivity index (χ1n) is 10.2. The molecular formula is C22H29NO3. The molecule has 1 aromatic rings. The third-order valence-corrected chi connectivity index (χ3v) is 7.55. The van der Waals surface area contributed by atoms with Crippen LogP contribution in [-0.4, -0.2) is 29.8 Å². The zero-order valence-corrected chi connectivity index (χ0v) is 15.5.